The zero-order valence-corrected chi connectivity index (χ0v) is 16.1. The van der Waals surface area contributed by atoms with E-state index in [1.807, 2.05) is 0 Å². The minimum Gasteiger partial charge on any atom is -0.396 e. The zero-order chi connectivity index (χ0) is 18.4. The normalized spacial score (nSPS) is 25.3. The molecule has 1 aromatic heterocycles. The molecular formula is C24H28N2O. The molecule has 0 bridgehead atoms. The highest BCUT2D eigenvalue weighted by Gasteiger charge is 2.49. The minimum absolute atomic E-state index is 0.0889. The first-order chi connectivity index (χ1) is 13.2. The van der Waals surface area contributed by atoms with E-state index in [2.05, 4.69) is 71.0 Å². The first-order valence-electron chi connectivity index (χ1n) is 10.2. The van der Waals surface area contributed by atoms with Crippen LogP contribution in [-0.4, -0.2) is 34.3 Å². The number of para-hydroxylation sites is 1. The number of nitrogens with zero attached hydrogens (tertiary/aromatic N) is 2. The molecule has 27 heavy (non-hydrogen) atoms. The summed E-state index contributed by atoms with van der Waals surface area (Å²) in [5.74, 6) is 0.295. The molecule has 1 fully saturated rings. The van der Waals surface area contributed by atoms with Crippen molar-refractivity contribution in [1.82, 2.24) is 9.47 Å². The van der Waals surface area contributed by atoms with Crippen molar-refractivity contribution in [3.8, 4) is 0 Å². The summed E-state index contributed by atoms with van der Waals surface area (Å²) in [6, 6.07) is 19.6. The van der Waals surface area contributed by atoms with Gasteiger partial charge < -0.3 is 9.67 Å². The molecule has 1 N–H and O–H groups in total. The summed E-state index contributed by atoms with van der Waals surface area (Å²) in [6.07, 6.45) is 3.40. The van der Waals surface area contributed by atoms with Gasteiger partial charge in [0.05, 0.1) is 5.54 Å². The van der Waals surface area contributed by atoms with Crippen LogP contribution in [0.15, 0.2) is 54.6 Å². The Bertz CT molecular complexity index is 961. The fourth-order valence-corrected chi connectivity index (χ4v) is 5.64. The molecule has 0 radical (unpaired) electrons. The van der Waals surface area contributed by atoms with Gasteiger partial charge in [-0.25, -0.2) is 0 Å². The van der Waals surface area contributed by atoms with Gasteiger partial charge in [0.15, 0.2) is 0 Å². The number of hydrogen-bond acceptors (Lipinski definition) is 2. The first-order valence-corrected chi connectivity index (χ1v) is 10.2. The van der Waals surface area contributed by atoms with E-state index in [0.29, 0.717) is 5.92 Å². The second kappa shape index (κ2) is 6.50. The van der Waals surface area contributed by atoms with Crippen molar-refractivity contribution in [2.45, 2.75) is 38.3 Å². The maximum Gasteiger partial charge on any atom is 0.0638 e. The molecule has 140 valence electrons. The maximum atomic E-state index is 10.2. The fraction of sp³-hybridized carbons (Fsp3) is 0.417. The quantitative estimate of drug-likeness (QED) is 0.759. The first kappa shape index (κ1) is 17.0. The summed E-state index contributed by atoms with van der Waals surface area (Å²) in [7, 11) is 0. The Hall–Kier alpha value is -2.10. The van der Waals surface area contributed by atoms with Gasteiger partial charge in [-0.1, -0.05) is 48.5 Å². The molecule has 0 spiro atoms. The van der Waals surface area contributed by atoms with Crippen LogP contribution < -0.4 is 0 Å². The number of hydrogen-bond donors (Lipinski definition) is 1. The number of piperidine rings is 1. The molecule has 2 unspecified atom stereocenters. The van der Waals surface area contributed by atoms with Gasteiger partial charge >= 0.3 is 0 Å². The molecule has 3 heteroatoms. The van der Waals surface area contributed by atoms with Gasteiger partial charge in [-0.15, -0.1) is 0 Å². The average molecular weight is 361 g/mol. The van der Waals surface area contributed by atoms with E-state index in [9.17, 15) is 5.11 Å². The number of benzene rings is 2. The summed E-state index contributed by atoms with van der Waals surface area (Å²) in [6.45, 7) is 5.77. The molecule has 3 nitrogen and oxygen atoms in total. The van der Waals surface area contributed by atoms with Gasteiger partial charge in [0.2, 0.25) is 0 Å². The Morgan fingerprint density at radius 3 is 2.63 bits per heavy atom. The highest BCUT2D eigenvalue weighted by molar-refractivity contribution is 5.86. The molecule has 2 aliphatic rings. The van der Waals surface area contributed by atoms with Crippen LogP contribution >= 0.6 is 0 Å². The molecule has 2 atom stereocenters. The van der Waals surface area contributed by atoms with Crippen LogP contribution in [0.5, 0.6) is 0 Å². The Morgan fingerprint density at radius 2 is 1.81 bits per heavy atom. The van der Waals surface area contributed by atoms with Crippen LogP contribution in [0.4, 0.5) is 0 Å². The lowest BCUT2D eigenvalue weighted by Gasteiger charge is -2.53. The van der Waals surface area contributed by atoms with Crippen molar-refractivity contribution in [3.05, 3.63) is 71.4 Å². The predicted molar refractivity (Wildman–Crippen MR) is 110 cm³/mol. The lowest BCUT2D eigenvalue weighted by atomic mass is 9.72. The summed E-state index contributed by atoms with van der Waals surface area (Å²) in [5.41, 5.74) is 5.52. The van der Waals surface area contributed by atoms with Crippen LogP contribution in [0.2, 0.25) is 0 Å². The predicted octanol–water partition coefficient (Wildman–Crippen LogP) is 4.17. The van der Waals surface area contributed by atoms with E-state index in [4.69, 9.17) is 0 Å². The number of aromatic nitrogens is 1. The van der Waals surface area contributed by atoms with Gasteiger partial charge in [0.25, 0.3) is 0 Å². The number of aliphatic hydroxyl groups excluding tert-OH is 1. The second-order valence-electron chi connectivity index (χ2n) is 8.32. The summed E-state index contributed by atoms with van der Waals surface area (Å²) < 4.78 is 2.54. The molecule has 3 heterocycles. The molecule has 0 saturated carbocycles. The van der Waals surface area contributed by atoms with Gasteiger partial charge in [-0.05, 0) is 49.9 Å². The van der Waals surface area contributed by atoms with E-state index in [1.54, 1.807) is 0 Å². The monoisotopic (exact) mass is 360 g/mol. The Labute approximate surface area is 161 Å². The minimum atomic E-state index is -0.0889. The van der Waals surface area contributed by atoms with Crippen LogP contribution in [0.1, 0.15) is 36.6 Å². The standard InChI is InChI=1S/C24H28N2O/c1-24-19(17-27)10-7-14-25(24)15-13-21-20-11-5-6-12-22(20)26(23(21)24)16-18-8-3-2-4-9-18/h2-6,8-9,11-12,19,27H,7,10,13-17H2,1H3. The SMILES string of the molecule is CC12c3c(c4ccccc4n3Cc3ccccc3)CCN1CCCC2CO. The number of aliphatic hydroxyl groups is 1. The third-order valence-electron chi connectivity index (χ3n) is 7.02. The van der Waals surface area contributed by atoms with Gasteiger partial charge in [0, 0.05) is 42.2 Å². The van der Waals surface area contributed by atoms with Crippen LogP contribution in [0.3, 0.4) is 0 Å². The molecule has 0 amide bonds. The van der Waals surface area contributed by atoms with Crippen molar-refractivity contribution < 1.29 is 5.11 Å². The van der Waals surface area contributed by atoms with E-state index in [0.717, 1.165) is 32.5 Å². The maximum absolute atomic E-state index is 10.2. The van der Waals surface area contributed by atoms with E-state index in [-0.39, 0.29) is 12.1 Å². The van der Waals surface area contributed by atoms with Crippen LogP contribution in [0, 0.1) is 5.92 Å². The smallest absolute Gasteiger partial charge is 0.0638 e. The van der Waals surface area contributed by atoms with Crippen molar-refractivity contribution in [3.63, 3.8) is 0 Å². The summed E-state index contributed by atoms with van der Waals surface area (Å²) in [4.78, 5) is 2.64. The lowest BCUT2D eigenvalue weighted by molar-refractivity contribution is -0.0327. The molecule has 3 aromatic rings. The molecule has 2 aliphatic heterocycles. The van der Waals surface area contributed by atoms with Gasteiger partial charge in [-0.2, -0.15) is 0 Å². The topological polar surface area (TPSA) is 28.4 Å². The largest absolute Gasteiger partial charge is 0.396 e. The lowest BCUT2D eigenvalue weighted by Crippen LogP contribution is -2.57. The van der Waals surface area contributed by atoms with Gasteiger partial charge in [0.1, 0.15) is 0 Å². The van der Waals surface area contributed by atoms with E-state index >= 15 is 0 Å². The molecular weight excluding hydrogens is 332 g/mol. The average Bonchev–Trinajstić information content (AvgIpc) is 3.03. The van der Waals surface area contributed by atoms with E-state index < -0.39 is 0 Å². The third-order valence-corrected chi connectivity index (χ3v) is 7.02. The van der Waals surface area contributed by atoms with Crippen LogP contribution in [-0.2, 0) is 18.5 Å². The number of rotatable bonds is 3. The molecule has 5 rings (SSSR count). The summed E-state index contributed by atoms with van der Waals surface area (Å²) >= 11 is 0. The van der Waals surface area contributed by atoms with Gasteiger partial charge in [-0.3, -0.25) is 4.90 Å². The van der Waals surface area contributed by atoms with Crippen molar-refractivity contribution in [2.75, 3.05) is 19.7 Å². The zero-order valence-electron chi connectivity index (χ0n) is 16.1. The fourth-order valence-electron chi connectivity index (χ4n) is 5.64. The van der Waals surface area contributed by atoms with Crippen LogP contribution in [0.25, 0.3) is 10.9 Å². The van der Waals surface area contributed by atoms with E-state index in [1.165, 1.54) is 34.1 Å². The van der Waals surface area contributed by atoms with Crippen molar-refractivity contribution in [2.24, 2.45) is 5.92 Å². The Kier molecular flexibility index (Phi) is 4.10. The highest BCUT2D eigenvalue weighted by atomic mass is 16.3. The highest BCUT2D eigenvalue weighted by Crippen LogP contribution is 2.48. The number of fused-ring (bicyclic) bond motifs is 5. The second-order valence-corrected chi connectivity index (χ2v) is 8.32. The molecule has 1 saturated heterocycles. The Morgan fingerprint density at radius 1 is 1.04 bits per heavy atom. The Balaban J connectivity index is 1.76. The molecule has 0 aliphatic carbocycles. The van der Waals surface area contributed by atoms with Crippen molar-refractivity contribution >= 4 is 10.9 Å². The third kappa shape index (κ3) is 2.49. The summed E-state index contributed by atoms with van der Waals surface area (Å²) in [5, 5.41) is 11.6. The van der Waals surface area contributed by atoms with Crippen molar-refractivity contribution in [1.29, 1.82) is 0 Å². The molecule has 2 aromatic carbocycles.